The third-order valence-corrected chi connectivity index (χ3v) is 6.00. The number of carbonyl (C=O) groups excluding carboxylic acids is 1. The summed E-state index contributed by atoms with van der Waals surface area (Å²) in [5.41, 5.74) is 0.925. The molecule has 1 aromatic carbocycles. The van der Waals surface area contributed by atoms with Crippen molar-refractivity contribution in [1.29, 1.82) is 0 Å². The van der Waals surface area contributed by atoms with E-state index in [4.69, 9.17) is 0 Å². The molecule has 1 fully saturated rings. The lowest BCUT2D eigenvalue weighted by molar-refractivity contribution is -0.124. The second kappa shape index (κ2) is 7.36. The van der Waals surface area contributed by atoms with E-state index in [9.17, 15) is 4.79 Å². The summed E-state index contributed by atoms with van der Waals surface area (Å²) in [5, 5.41) is 2.82. The van der Waals surface area contributed by atoms with Gasteiger partial charge in [-0.15, -0.1) is 11.3 Å². The van der Waals surface area contributed by atoms with Gasteiger partial charge < -0.3 is 0 Å². The van der Waals surface area contributed by atoms with E-state index in [1.165, 1.54) is 0 Å². The number of thioether (sulfide) groups is 1. The minimum atomic E-state index is -0.225. The van der Waals surface area contributed by atoms with Gasteiger partial charge in [-0.05, 0) is 36.9 Å². The Labute approximate surface area is 151 Å². The molecule has 1 aromatic heterocycles. The van der Waals surface area contributed by atoms with E-state index in [1.54, 1.807) is 29.2 Å². The van der Waals surface area contributed by atoms with Crippen LogP contribution in [-0.4, -0.2) is 27.3 Å². The molecule has 0 aliphatic carbocycles. The first kappa shape index (κ1) is 17.0. The number of benzene rings is 1. The number of amidine groups is 1. The summed E-state index contributed by atoms with van der Waals surface area (Å²) in [6.07, 6.45) is 3.53. The van der Waals surface area contributed by atoms with Crippen molar-refractivity contribution in [2.75, 3.05) is 5.75 Å². The van der Waals surface area contributed by atoms with Gasteiger partial charge in [0.2, 0.25) is 0 Å². The van der Waals surface area contributed by atoms with Gasteiger partial charge in [0.15, 0.2) is 5.17 Å². The van der Waals surface area contributed by atoms with Crippen molar-refractivity contribution in [3.05, 3.63) is 64.4 Å². The highest BCUT2D eigenvalue weighted by atomic mass is 32.2. The van der Waals surface area contributed by atoms with E-state index in [1.807, 2.05) is 46.7 Å². The number of hydrogen-bond donors (Lipinski definition) is 0. The zero-order valence-corrected chi connectivity index (χ0v) is 15.4. The van der Waals surface area contributed by atoms with Gasteiger partial charge in [0, 0.05) is 16.7 Å². The molecule has 0 bridgehead atoms. The van der Waals surface area contributed by atoms with Crippen molar-refractivity contribution in [3.63, 3.8) is 0 Å². The molecule has 3 nitrogen and oxygen atoms in total. The van der Waals surface area contributed by atoms with Crippen LogP contribution < -0.4 is 0 Å². The van der Waals surface area contributed by atoms with E-state index in [0.717, 1.165) is 21.4 Å². The molecule has 1 aliphatic rings. The van der Waals surface area contributed by atoms with Gasteiger partial charge in [0.25, 0.3) is 5.91 Å². The highest BCUT2D eigenvalue weighted by Crippen LogP contribution is 2.33. The Morgan fingerprint density at radius 1 is 1.25 bits per heavy atom. The summed E-state index contributed by atoms with van der Waals surface area (Å²) in [7, 11) is 0. The van der Waals surface area contributed by atoms with Gasteiger partial charge in [-0.25, -0.2) is 0 Å². The van der Waals surface area contributed by atoms with Crippen LogP contribution in [0, 0.1) is 0 Å². The maximum Gasteiger partial charge on any atom is 0.253 e. The Morgan fingerprint density at radius 3 is 2.75 bits per heavy atom. The Balaban J connectivity index is 1.77. The van der Waals surface area contributed by atoms with Crippen LogP contribution in [0.5, 0.6) is 0 Å². The summed E-state index contributed by atoms with van der Waals surface area (Å²) < 4.78 is 0. The molecular weight excluding hydrogens is 336 g/mol. The average Bonchev–Trinajstić information content (AvgIpc) is 3.19. The maximum atomic E-state index is 12.7. The number of thiophene rings is 1. The molecule has 0 unspecified atom stereocenters. The molecule has 1 amide bonds. The fourth-order valence-corrected chi connectivity index (χ4v) is 4.35. The molecule has 1 aliphatic heterocycles. The Morgan fingerprint density at radius 2 is 2.04 bits per heavy atom. The number of nitrogens with zero attached hydrogens (tertiary/aromatic N) is 2. The first-order valence-corrected chi connectivity index (χ1v) is 9.70. The van der Waals surface area contributed by atoms with Gasteiger partial charge >= 0.3 is 0 Å². The maximum absolute atomic E-state index is 12.7. The van der Waals surface area contributed by atoms with Crippen LogP contribution in [0.2, 0.25) is 0 Å². The van der Waals surface area contributed by atoms with Gasteiger partial charge in [-0.2, -0.15) is 0 Å². The van der Waals surface area contributed by atoms with E-state index in [-0.39, 0.29) is 11.4 Å². The van der Waals surface area contributed by atoms with Gasteiger partial charge in [0.05, 0.1) is 12.1 Å². The third kappa shape index (κ3) is 3.97. The molecular formula is C19H20N2OS2. The minimum Gasteiger partial charge on any atom is -0.281 e. The molecule has 5 heteroatoms. The molecule has 0 spiro atoms. The summed E-state index contributed by atoms with van der Waals surface area (Å²) in [6.45, 7) is 4.77. The van der Waals surface area contributed by atoms with Gasteiger partial charge in [-0.3, -0.25) is 14.7 Å². The van der Waals surface area contributed by atoms with Crippen LogP contribution in [0.4, 0.5) is 0 Å². The summed E-state index contributed by atoms with van der Waals surface area (Å²) >= 11 is 3.27. The fourth-order valence-electron chi connectivity index (χ4n) is 2.49. The lowest BCUT2D eigenvalue weighted by Crippen LogP contribution is -2.45. The number of aliphatic imine (C=N–C) groups is 1. The average molecular weight is 357 g/mol. The fraction of sp³-hybridized carbons (Fsp3) is 0.263. The quantitative estimate of drug-likeness (QED) is 0.746. The predicted octanol–water partition coefficient (Wildman–Crippen LogP) is 4.67. The predicted molar refractivity (Wildman–Crippen MR) is 104 cm³/mol. The van der Waals surface area contributed by atoms with Crippen molar-refractivity contribution in [3.8, 4) is 0 Å². The normalized spacial score (nSPS) is 18.6. The molecule has 0 radical (unpaired) electrons. The first-order chi connectivity index (χ1) is 11.6. The lowest BCUT2D eigenvalue weighted by Gasteiger charge is -2.29. The molecule has 1 saturated heterocycles. The second-order valence-corrected chi connectivity index (χ2v) is 8.13. The third-order valence-electron chi connectivity index (χ3n) is 3.74. The van der Waals surface area contributed by atoms with Crippen LogP contribution in [0.15, 0.2) is 58.9 Å². The number of amides is 1. The Hall–Kier alpha value is -1.85. The molecule has 3 rings (SSSR count). The lowest BCUT2D eigenvalue weighted by atomic mass is 10.1. The Bertz CT molecular complexity index is 749. The van der Waals surface area contributed by atoms with Crippen LogP contribution in [0.3, 0.4) is 0 Å². The summed E-state index contributed by atoms with van der Waals surface area (Å²) in [5.74, 6) is 0.851. The number of hydrogen-bond acceptors (Lipinski definition) is 4. The van der Waals surface area contributed by atoms with Crippen molar-refractivity contribution in [1.82, 2.24) is 4.90 Å². The van der Waals surface area contributed by atoms with Crippen LogP contribution >= 0.6 is 23.1 Å². The molecule has 24 heavy (non-hydrogen) atoms. The highest BCUT2D eigenvalue weighted by molar-refractivity contribution is 8.14. The summed E-state index contributed by atoms with van der Waals surface area (Å²) in [6, 6.07) is 14.1. The SMILES string of the molecule is CC1(C)CSC(=NCc2ccccc2)N1C(=O)C=Cc1cccs1. The highest BCUT2D eigenvalue weighted by Gasteiger charge is 2.40. The van der Waals surface area contributed by atoms with E-state index < -0.39 is 0 Å². The van der Waals surface area contributed by atoms with Crippen LogP contribution in [0.1, 0.15) is 24.3 Å². The topological polar surface area (TPSA) is 32.7 Å². The largest absolute Gasteiger partial charge is 0.281 e. The molecule has 2 aromatic rings. The second-order valence-electron chi connectivity index (χ2n) is 6.21. The van der Waals surface area contributed by atoms with Gasteiger partial charge in [-0.1, -0.05) is 48.2 Å². The monoisotopic (exact) mass is 356 g/mol. The summed E-state index contributed by atoms with van der Waals surface area (Å²) in [4.78, 5) is 20.3. The number of carbonyl (C=O) groups is 1. The van der Waals surface area contributed by atoms with Crippen molar-refractivity contribution >= 4 is 40.2 Å². The van der Waals surface area contributed by atoms with Crippen molar-refractivity contribution < 1.29 is 4.79 Å². The zero-order chi connectivity index (χ0) is 17.0. The van der Waals surface area contributed by atoms with Crippen LogP contribution in [0.25, 0.3) is 6.08 Å². The van der Waals surface area contributed by atoms with E-state index in [2.05, 4.69) is 31.0 Å². The molecule has 0 saturated carbocycles. The molecule has 0 atom stereocenters. The zero-order valence-electron chi connectivity index (χ0n) is 13.8. The van der Waals surface area contributed by atoms with Crippen molar-refractivity contribution in [2.24, 2.45) is 4.99 Å². The van der Waals surface area contributed by atoms with Crippen LogP contribution in [-0.2, 0) is 11.3 Å². The van der Waals surface area contributed by atoms with Crippen molar-refractivity contribution in [2.45, 2.75) is 25.9 Å². The first-order valence-electron chi connectivity index (χ1n) is 7.83. The standard InChI is InChI=1S/C19H20N2OS2/c1-19(2)14-24-18(20-13-15-7-4-3-5-8-15)21(19)17(22)11-10-16-9-6-12-23-16/h3-12H,13-14H2,1-2H3. The van der Waals surface area contributed by atoms with Gasteiger partial charge in [0.1, 0.15) is 0 Å². The van der Waals surface area contributed by atoms with E-state index in [0.29, 0.717) is 6.54 Å². The molecule has 0 N–H and O–H groups in total. The molecule has 124 valence electrons. The molecule has 2 heterocycles. The Kier molecular flexibility index (Phi) is 5.21. The minimum absolute atomic E-state index is 0.00906. The smallest absolute Gasteiger partial charge is 0.253 e. The van der Waals surface area contributed by atoms with E-state index >= 15 is 0 Å². The number of rotatable bonds is 4.